The number of hydrogen-bond acceptors (Lipinski definition) is 7. The van der Waals surface area contributed by atoms with Gasteiger partial charge in [0.1, 0.15) is 22.5 Å². The van der Waals surface area contributed by atoms with E-state index in [-0.39, 0.29) is 47.5 Å². The highest BCUT2D eigenvalue weighted by atomic mass is 79.9. The molecule has 3 aliphatic rings. The smallest absolute Gasteiger partial charge is 0.341 e. The van der Waals surface area contributed by atoms with Gasteiger partial charge in [-0.15, -0.1) is 0 Å². The van der Waals surface area contributed by atoms with Gasteiger partial charge in [0, 0.05) is 41.5 Å². The first-order valence-electron chi connectivity index (χ1n) is 10.5. The molecule has 1 spiro atoms. The highest BCUT2D eigenvalue weighted by Crippen LogP contribution is 2.57. The molecule has 33 heavy (non-hydrogen) atoms. The first-order valence-corrected chi connectivity index (χ1v) is 11.3. The zero-order valence-electron chi connectivity index (χ0n) is 18.0. The van der Waals surface area contributed by atoms with Crippen LogP contribution in [-0.2, 0) is 29.3 Å². The number of carbonyl (C=O) groups is 3. The summed E-state index contributed by atoms with van der Waals surface area (Å²) in [6.45, 7) is 1.73. The van der Waals surface area contributed by atoms with Crippen LogP contribution in [0.15, 0.2) is 68.3 Å². The van der Waals surface area contributed by atoms with Crippen molar-refractivity contribution in [2.45, 2.75) is 31.1 Å². The van der Waals surface area contributed by atoms with Crippen molar-refractivity contribution >= 4 is 39.3 Å². The number of ether oxygens (including phenoxy) is 2. The van der Waals surface area contributed by atoms with E-state index in [0.29, 0.717) is 27.9 Å². The van der Waals surface area contributed by atoms with Crippen molar-refractivity contribution in [3.63, 3.8) is 0 Å². The zero-order valence-corrected chi connectivity index (χ0v) is 19.6. The molecule has 1 aliphatic carbocycles. The van der Waals surface area contributed by atoms with Gasteiger partial charge >= 0.3 is 5.97 Å². The molecule has 0 saturated carbocycles. The molecule has 5 rings (SSSR count). The van der Waals surface area contributed by atoms with Gasteiger partial charge in [-0.3, -0.25) is 9.59 Å². The lowest BCUT2D eigenvalue weighted by Gasteiger charge is -2.40. The second-order valence-corrected chi connectivity index (χ2v) is 9.10. The Hall–Kier alpha value is -3.33. The lowest BCUT2D eigenvalue weighted by atomic mass is 9.63. The Balaban J connectivity index is 1.79. The minimum Gasteiger partial charge on any atom is -0.469 e. The number of anilines is 1. The van der Waals surface area contributed by atoms with E-state index in [2.05, 4.69) is 15.9 Å². The van der Waals surface area contributed by atoms with Crippen molar-refractivity contribution < 1.29 is 28.3 Å². The van der Waals surface area contributed by atoms with Crippen LogP contribution in [0.1, 0.15) is 37.0 Å². The van der Waals surface area contributed by atoms with Gasteiger partial charge in [0.2, 0.25) is 11.8 Å². The number of rotatable bonds is 3. The van der Waals surface area contributed by atoms with Crippen LogP contribution in [0.2, 0.25) is 0 Å². The molecule has 0 saturated heterocycles. The molecule has 0 fully saturated rings. The molecular weight excluding hydrogens is 492 g/mol. The molecule has 0 unspecified atom stereocenters. The van der Waals surface area contributed by atoms with Crippen LogP contribution in [0.5, 0.6) is 0 Å². The van der Waals surface area contributed by atoms with Crippen LogP contribution >= 0.6 is 15.9 Å². The standard InChI is InChI=1S/C24H21BrN2O6/c1-3-31-22(29)20-21(26)33-18-10-12(17-5-4-8-32-17)9-16(28)19(18)24(20)14-11-13(25)6-7-15(14)27(2)23(24)30/h4-8,11-12H,3,9-10,26H2,1-2H3/t12-,24-/m0/s1. The van der Waals surface area contributed by atoms with Gasteiger partial charge < -0.3 is 24.5 Å². The van der Waals surface area contributed by atoms with Gasteiger partial charge in [0.25, 0.3) is 0 Å². The molecule has 1 aromatic carbocycles. The maximum atomic E-state index is 14.0. The third-order valence-electron chi connectivity index (χ3n) is 6.43. The van der Waals surface area contributed by atoms with Crippen molar-refractivity contribution in [3.8, 4) is 0 Å². The van der Waals surface area contributed by atoms with Crippen LogP contribution in [0, 0.1) is 0 Å². The van der Waals surface area contributed by atoms with Gasteiger partial charge in [0.05, 0.1) is 18.4 Å². The number of furan rings is 1. The summed E-state index contributed by atoms with van der Waals surface area (Å²) in [5, 5.41) is 0. The number of fused-ring (bicyclic) bond motifs is 3. The second kappa shape index (κ2) is 7.62. The number of benzene rings is 1. The topological polar surface area (TPSA) is 112 Å². The highest BCUT2D eigenvalue weighted by Gasteiger charge is 2.63. The molecule has 2 aliphatic heterocycles. The fourth-order valence-corrected chi connectivity index (χ4v) is 5.49. The summed E-state index contributed by atoms with van der Waals surface area (Å²) < 4.78 is 17.4. The van der Waals surface area contributed by atoms with Gasteiger partial charge in [-0.25, -0.2) is 4.79 Å². The van der Waals surface area contributed by atoms with E-state index in [0.717, 1.165) is 0 Å². The fraction of sp³-hybridized carbons (Fsp3) is 0.292. The monoisotopic (exact) mass is 512 g/mol. The van der Waals surface area contributed by atoms with E-state index in [1.54, 1.807) is 50.6 Å². The van der Waals surface area contributed by atoms with Crippen molar-refractivity contribution in [1.29, 1.82) is 0 Å². The van der Waals surface area contributed by atoms with Gasteiger partial charge in [-0.05, 0) is 37.3 Å². The van der Waals surface area contributed by atoms with Crippen LogP contribution < -0.4 is 10.6 Å². The number of nitrogens with two attached hydrogens (primary N) is 1. The SMILES string of the molecule is CCOC(=O)C1=C(N)OC2=C(C(=O)C[C@H](c3ccco3)C2)[C@]12C(=O)N(C)c1ccc(Br)cc12. The van der Waals surface area contributed by atoms with Crippen LogP contribution in [-0.4, -0.2) is 31.3 Å². The molecule has 0 radical (unpaired) electrons. The molecular formula is C24H21BrN2O6. The van der Waals surface area contributed by atoms with E-state index >= 15 is 0 Å². The number of likely N-dealkylation sites (N-methyl/N-ethyl adjacent to an activating group) is 1. The van der Waals surface area contributed by atoms with Gasteiger partial charge in [0.15, 0.2) is 5.78 Å². The summed E-state index contributed by atoms with van der Waals surface area (Å²) in [5.74, 6) is -1.15. The molecule has 0 bridgehead atoms. The minimum atomic E-state index is -1.75. The quantitative estimate of drug-likeness (QED) is 0.626. The molecule has 1 amide bonds. The highest BCUT2D eigenvalue weighted by molar-refractivity contribution is 9.10. The molecule has 3 heterocycles. The van der Waals surface area contributed by atoms with Crippen molar-refractivity contribution in [3.05, 3.63) is 75.2 Å². The van der Waals surface area contributed by atoms with E-state index in [1.165, 1.54) is 4.90 Å². The molecule has 1 aromatic heterocycles. The number of esters is 1. The second-order valence-electron chi connectivity index (χ2n) is 8.18. The Labute approximate surface area is 198 Å². The fourth-order valence-electron chi connectivity index (χ4n) is 5.13. The number of halogens is 1. The maximum Gasteiger partial charge on any atom is 0.341 e. The molecule has 8 nitrogen and oxygen atoms in total. The summed E-state index contributed by atoms with van der Waals surface area (Å²) in [5.41, 5.74) is 5.57. The summed E-state index contributed by atoms with van der Waals surface area (Å²) in [7, 11) is 1.61. The predicted octanol–water partition coefficient (Wildman–Crippen LogP) is 3.42. The maximum absolute atomic E-state index is 14.0. The molecule has 170 valence electrons. The Bertz CT molecular complexity index is 1260. The van der Waals surface area contributed by atoms with Crippen LogP contribution in [0.25, 0.3) is 0 Å². The summed E-state index contributed by atoms with van der Waals surface area (Å²) in [6, 6.07) is 8.85. The number of nitrogens with zero attached hydrogens (tertiary/aromatic N) is 1. The summed E-state index contributed by atoms with van der Waals surface area (Å²) in [4.78, 5) is 42.3. The van der Waals surface area contributed by atoms with Crippen molar-refractivity contribution in [1.82, 2.24) is 0 Å². The average molecular weight is 513 g/mol. The van der Waals surface area contributed by atoms with E-state index in [9.17, 15) is 14.4 Å². The lowest BCUT2D eigenvalue weighted by molar-refractivity contribution is -0.141. The summed E-state index contributed by atoms with van der Waals surface area (Å²) in [6.07, 6.45) is 1.95. The van der Waals surface area contributed by atoms with E-state index in [1.807, 2.05) is 0 Å². The van der Waals surface area contributed by atoms with Crippen molar-refractivity contribution in [2.75, 3.05) is 18.6 Å². The predicted molar refractivity (Wildman–Crippen MR) is 121 cm³/mol. The average Bonchev–Trinajstić information content (AvgIpc) is 3.37. The number of amides is 1. The Kier molecular flexibility index (Phi) is 4.97. The third kappa shape index (κ3) is 2.91. The largest absolute Gasteiger partial charge is 0.469 e. The summed E-state index contributed by atoms with van der Waals surface area (Å²) >= 11 is 3.46. The van der Waals surface area contributed by atoms with Gasteiger partial charge in [-0.2, -0.15) is 0 Å². The number of Topliss-reactive ketones (excluding diaryl/α,β-unsaturated/α-hetero) is 1. The Morgan fingerprint density at radius 3 is 2.79 bits per heavy atom. The van der Waals surface area contributed by atoms with Crippen molar-refractivity contribution in [2.24, 2.45) is 5.73 Å². The molecule has 2 atom stereocenters. The molecule has 2 N–H and O–H groups in total. The van der Waals surface area contributed by atoms with Gasteiger partial charge in [-0.1, -0.05) is 15.9 Å². The molecule has 2 aromatic rings. The minimum absolute atomic E-state index is 0.0709. The van der Waals surface area contributed by atoms with Crippen LogP contribution in [0.3, 0.4) is 0 Å². The first kappa shape index (κ1) is 21.5. The lowest BCUT2D eigenvalue weighted by Crippen LogP contribution is -2.51. The zero-order chi connectivity index (χ0) is 23.5. The van der Waals surface area contributed by atoms with E-state index < -0.39 is 17.3 Å². The normalized spacial score (nSPS) is 24.2. The van der Waals surface area contributed by atoms with Crippen LogP contribution in [0.4, 0.5) is 5.69 Å². The first-order chi connectivity index (χ1) is 15.8. The van der Waals surface area contributed by atoms with E-state index in [4.69, 9.17) is 19.6 Å². The number of carbonyl (C=O) groups excluding carboxylic acids is 3. The third-order valence-corrected chi connectivity index (χ3v) is 6.92. The number of ketones is 1. The Morgan fingerprint density at radius 2 is 2.09 bits per heavy atom. The molecule has 9 heteroatoms. The number of hydrogen-bond donors (Lipinski definition) is 1. The number of allylic oxidation sites excluding steroid dienone is 1. The Morgan fingerprint density at radius 1 is 1.30 bits per heavy atom.